The highest BCUT2D eigenvalue weighted by atomic mass is 32.2. The van der Waals surface area contributed by atoms with Crippen LogP contribution in [0.5, 0.6) is 0 Å². The van der Waals surface area contributed by atoms with Gasteiger partial charge in [-0.05, 0) is 32.9 Å². The number of esters is 1. The van der Waals surface area contributed by atoms with E-state index in [1.54, 1.807) is 19.1 Å². The molecule has 0 N–H and O–H groups in total. The zero-order chi connectivity index (χ0) is 18.8. The molecule has 0 bridgehead atoms. The molecule has 0 radical (unpaired) electrons. The molecule has 0 aliphatic heterocycles. The van der Waals surface area contributed by atoms with Crippen molar-refractivity contribution in [1.29, 1.82) is 0 Å². The summed E-state index contributed by atoms with van der Waals surface area (Å²) in [7, 11) is -4.31. The normalized spacial score (nSPS) is 13.2. The number of aromatic nitrogens is 2. The SMILES string of the molecule is CCOC(=O)c1ccc2c(c1)n(CCC(C)S(=O)(=O)[O-])c(C)[n+]2CC. The number of carbonyl (C=O) groups excluding carboxylic acids is 1. The van der Waals surface area contributed by atoms with Crippen molar-refractivity contribution in [1.82, 2.24) is 4.57 Å². The first kappa shape index (κ1) is 19.4. The van der Waals surface area contributed by atoms with Gasteiger partial charge in [-0.2, -0.15) is 0 Å². The van der Waals surface area contributed by atoms with Gasteiger partial charge >= 0.3 is 5.97 Å². The first-order valence-corrected chi connectivity index (χ1v) is 9.82. The fourth-order valence-electron chi connectivity index (χ4n) is 2.94. The van der Waals surface area contributed by atoms with Gasteiger partial charge in [0.05, 0.1) is 40.6 Å². The molecular formula is C17H24N2O5S. The Labute approximate surface area is 148 Å². The second kappa shape index (κ2) is 7.53. The van der Waals surface area contributed by atoms with Crippen molar-refractivity contribution in [2.24, 2.45) is 0 Å². The third kappa shape index (κ3) is 4.01. The molecule has 0 spiro atoms. The summed E-state index contributed by atoms with van der Waals surface area (Å²) < 4.78 is 42.5. The second-order valence-corrected chi connectivity index (χ2v) is 7.75. The maximum Gasteiger partial charge on any atom is 0.338 e. The second-order valence-electron chi connectivity index (χ2n) is 5.96. The molecule has 1 aromatic carbocycles. The Kier molecular flexibility index (Phi) is 5.84. The molecule has 1 aromatic heterocycles. The Hall–Kier alpha value is -1.93. The molecule has 0 saturated heterocycles. The maximum absolute atomic E-state index is 12.0. The Bertz CT molecular complexity index is 886. The van der Waals surface area contributed by atoms with Gasteiger partial charge in [-0.25, -0.2) is 22.3 Å². The van der Waals surface area contributed by atoms with Crippen LogP contribution in [0.25, 0.3) is 11.0 Å². The zero-order valence-electron chi connectivity index (χ0n) is 15.0. The molecule has 1 atom stereocenters. The molecule has 0 saturated carbocycles. The lowest BCUT2D eigenvalue weighted by molar-refractivity contribution is -0.675. The number of hydrogen-bond donors (Lipinski definition) is 0. The number of aryl methyl sites for hydroxylation is 2. The number of ether oxygens (including phenoxy) is 1. The van der Waals surface area contributed by atoms with Crippen LogP contribution < -0.4 is 4.57 Å². The fourth-order valence-corrected chi connectivity index (χ4v) is 3.33. The van der Waals surface area contributed by atoms with Crippen molar-refractivity contribution in [3.63, 3.8) is 0 Å². The summed E-state index contributed by atoms with van der Waals surface area (Å²) in [5.41, 5.74) is 2.21. The molecule has 2 aromatic rings. The standard InChI is InChI=1S/C17H24N2O5S/c1-5-18-13(4)19(10-9-12(3)25(21,22)23)16-11-14(7-8-15(16)18)17(20)24-6-2/h7-8,11-12H,5-6,9-10H2,1-4H3. The van der Waals surface area contributed by atoms with Crippen molar-refractivity contribution in [2.45, 2.75) is 52.5 Å². The minimum absolute atomic E-state index is 0.212. The number of fused-ring (bicyclic) bond motifs is 1. The first-order valence-electron chi connectivity index (χ1n) is 8.35. The number of benzene rings is 1. The largest absolute Gasteiger partial charge is 0.748 e. The quantitative estimate of drug-likeness (QED) is 0.422. The topological polar surface area (TPSA) is 92.3 Å². The molecular weight excluding hydrogens is 344 g/mol. The van der Waals surface area contributed by atoms with Crippen LogP contribution in [-0.4, -0.2) is 35.4 Å². The number of carbonyl (C=O) groups is 1. The number of imidazole rings is 1. The van der Waals surface area contributed by atoms with Crippen molar-refractivity contribution < 1.29 is 27.1 Å². The molecule has 7 nitrogen and oxygen atoms in total. The van der Waals surface area contributed by atoms with E-state index < -0.39 is 21.3 Å². The van der Waals surface area contributed by atoms with Gasteiger partial charge in [0.2, 0.25) is 0 Å². The molecule has 1 unspecified atom stereocenters. The molecule has 8 heteroatoms. The van der Waals surface area contributed by atoms with E-state index in [1.807, 2.05) is 24.5 Å². The lowest BCUT2D eigenvalue weighted by Gasteiger charge is -2.14. The summed E-state index contributed by atoms with van der Waals surface area (Å²) in [5.74, 6) is 0.544. The van der Waals surface area contributed by atoms with Crippen LogP contribution in [0.15, 0.2) is 18.2 Å². The van der Waals surface area contributed by atoms with E-state index in [0.717, 1.165) is 23.4 Å². The van der Waals surface area contributed by atoms with Crippen LogP contribution in [-0.2, 0) is 27.9 Å². The maximum atomic E-state index is 12.0. The molecule has 138 valence electrons. The van der Waals surface area contributed by atoms with Gasteiger partial charge < -0.3 is 9.29 Å². The molecule has 2 rings (SSSR count). The van der Waals surface area contributed by atoms with Crippen molar-refractivity contribution >= 4 is 27.1 Å². The van der Waals surface area contributed by atoms with Gasteiger partial charge in [0.25, 0.3) is 5.82 Å². The van der Waals surface area contributed by atoms with Crippen molar-refractivity contribution in [2.75, 3.05) is 6.61 Å². The first-order chi connectivity index (χ1) is 11.7. The van der Waals surface area contributed by atoms with Crippen molar-refractivity contribution in [3.8, 4) is 0 Å². The lowest BCUT2D eigenvalue weighted by Crippen LogP contribution is -2.35. The third-order valence-electron chi connectivity index (χ3n) is 4.42. The average Bonchev–Trinajstić information content (AvgIpc) is 2.82. The van der Waals surface area contributed by atoms with E-state index in [-0.39, 0.29) is 6.42 Å². The number of nitrogens with zero attached hydrogens (tertiary/aromatic N) is 2. The summed E-state index contributed by atoms with van der Waals surface area (Å²) in [6, 6.07) is 5.34. The van der Waals surface area contributed by atoms with Crippen LogP contribution in [0.1, 0.15) is 43.4 Å². The zero-order valence-corrected chi connectivity index (χ0v) is 15.8. The van der Waals surface area contributed by atoms with Gasteiger partial charge in [0, 0.05) is 19.4 Å². The third-order valence-corrected chi connectivity index (χ3v) is 5.64. The van der Waals surface area contributed by atoms with Gasteiger partial charge in [-0.1, -0.05) is 0 Å². The predicted molar refractivity (Wildman–Crippen MR) is 92.3 cm³/mol. The van der Waals surface area contributed by atoms with Crippen LogP contribution in [0.2, 0.25) is 0 Å². The molecule has 0 aliphatic carbocycles. The minimum atomic E-state index is -4.31. The summed E-state index contributed by atoms with van der Waals surface area (Å²) in [5, 5.41) is -0.965. The summed E-state index contributed by atoms with van der Waals surface area (Å²) in [6.45, 7) is 8.53. The monoisotopic (exact) mass is 368 g/mol. The van der Waals surface area contributed by atoms with E-state index in [4.69, 9.17) is 4.74 Å². The predicted octanol–water partition coefficient (Wildman–Crippen LogP) is 1.76. The highest BCUT2D eigenvalue weighted by Gasteiger charge is 2.23. The van der Waals surface area contributed by atoms with E-state index in [2.05, 4.69) is 4.57 Å². The molecule has 0 fully saturated rings. The van der Waals surface area contributed by atoms with Gasteiger partial charge in [0.15, 0.2) is 11.0 Å². The van der Waals surface area contributed by atoms with Crippen LogP contribution in [0, 0.1) is 6.92 Å². The lowest BCUT2D eigenvalue weighted by atomic mass is 10.2. The Morgan fingerprint density at radius 2 is 2.04 bits per heavy atom. The van der Waals surface area contributed by atoms with Gasteiger partial charge in [-0.15, -0.1) is 0 Å². The Balaban J connectivity index is 2.48. The minimum Gasteiger partial charge on any atom is -0.748 e. The van der Waals surface area contributed by atoms with Crippen LogP contribution >= 0.6 is 0 Å². The fraction of sp³-hybridized carbons (Fsp3) is 0.529. The number of hydrogen-bond acceptors (Lipinski definition) is 5. The summed E-state index contributed by atoms with van der Waals surface area (Å²) >= 11 is 0. The highest BCUT2D eigenvalue weighted by molar-refractivity contribution is 7.86. The van der Waals surface area contributed by atoms with Crippen LogP contribution in [0.3, 0.4) is 0 Å². The van der Waals surface area contributed by atoms with Gasteiger partial charge in [0.1, 0.15) is 0 Å². The Morgan fingerprint density at radius 1 is 1.36 bits per heavy atom. The Morgan fingerprint density at radius 3 is 2.60 bits per heavy atom. The van der Waals surface area contributed by atoms with Gasteiger partial charge in [-0.3, -0.25) is 0 Å². The smallest absolute Gasteiger partial charge is 0.338 e. The average molecular weight is 368 g/mol. The molecule has 1 heterocycles. The molecule has 0 aliphatic rings. The summed E-state index contributed by atoms with van der Waals surface area (Å²) in [6.07, 6.45) is 0.212. The van der Waals surface area contributed by atoms with E-state index in [1.165, 1.54) is 6.92 Å². The van der Waals surface area contributed by atoms with E-state index in [9.17, 15) is 17.8 Å². The molecule has 25 heavy (non-hydrogen) atoms. The highest BCUT2D eigenvalue weighted by Crippen LogP contribution is 2.19. The van der Waals surface area contributed by atoms with E-state index in [0.29, 0.717) is 18.7 Å². The van der Waals surface area contributed by atoms with Crippen molar-refractivity contribution in [3.05, 3.63) is 29.6 Å². The van der Waals surface area contributed by atoms with E-state index >= 15 is 0 Å². The summed E-state index contributed by atoms with van der Waals surface area (Å²) in [4.78, 5) is 12.0. The number of rotatable bonds is 7. The molecule has 0 amide bonds. The van der Waals surface area contributed by atoms with Crippen LogP contribution in [0.4, 0.5) is 0 Å².